The average Bonchev–Trinajstić information content (AvgIpc) is 2.52. The topological polar surface area (TPSA) is 54.0 Å². The van der Waals surface area contributed by atoms with Gasteiger partial charge in [0.05, 0.1) is 0 Å². The van der Waals surface area contributed by atoms with Crippen molar-refractivity contribution < 1.29 is 21.6 Å². The van der Waals surface area contributed by atoms with Gasteiger partial charge in [-0.3, -0.25) is 4.79 Å². The van der Waals surface area contributed by atoms with Crippen LogP contribution >= 0.6 is 0 Å². The van der Waals surface area contributed by atoms with Gasteiger partial charge in [-0.25, -0.2) is 0 Å². The van der Waals surface area contributed by atoms with Crippen LogP contribution in [0.4, 0.5) is 0 Å². The molecule has 0 spiro atoms. The Morgan fingerprint density at radius 1 is 0.633 bits per heavy atom. The Kier molecular flexibility index (Phi) is 16.3. The monoisotopic (exact) mass is 510 g/mol. The molecule has 0 amide bonds. The van der Waals surface area contributed by atoms with E-state index in [9.17, 15) is 4.79 Å². The molecule has 0 aromatic heterocycles. The van der Waals surface area contributed by atoms with Crippen LogP contribution in [-0.4, -0.2) is 50.2 Å². The fourth-order valence-electron chi connectivity index (χ4n) is 3.40. The highest BCUT2D eigenvalue weighted by Gasteiger charge is 2.42. The Labute approximate surface area is 194 Å². The van der Waals surface area contributed by atoms with E-state index in [1.807, 2.05) is 0 Å². The van der Waals surface area contributed by atoms with Gasteiger partial charge in [0.15, 0.2) is 27.1 Å². The number of hydrogen-bond acceptors (Lipinski definition) is 5. The number of carbonyl (C=O) groups is 1. The van der Waals surface area contributed by atoms with Crippen molar-refractivity contribution in [3.05, 3.63) is 0 Å². The van der Waals surface area contributed by atoms with E-state index in [4.69, 9.17) is 16.8 Å². The van der Waals surface area contributed by atoms with E-state index < -0.39 is 44.2 Å². The molecule has 0 saturated carbocycles. The van der Waals surface area contributed by atoms with E-state index in [0.717, 1.165) is 25.3 Å². The molecule has 0 aliphatic heterocycles. The Morgan fingerprint density at radius 2 is 1.00 bits per heavy atom. The molecule has 0 heterocycles. The Morgan fingerprint density at radius 3 is 1.37 bits per heavy atom. The summed E-state index contributed by atoms with van der Waals surface area (Å²) < 4.78 is 24.8. The number of hydrogen-bond donors (Lipinski definition) is 0. The van der Waals surface area contributed by atoms with Crippen LogP contribution in [0.2, 0.25) is 65.0 Å². The Balaban J connectivity index is 4.05. The van der Waals surface area contributed by atoms with Gasteiger partial charge in [0.25, 0.3) is 5.97 Å². The summed E-state index contributed by atoms with van der Waals surface area (Å²) in [5.41, 5.74) is 0. The molecule has 0 bridgehead atoms. The van der Waals surface area contributed by atoms with Crippen LogP contribution in [0.5, 0.6) is 0 Å². The lowest BCUT2D eigenvalue weighted by Gasteiger charge is -2.35. The molecule has 5 nitrogen and oxygen atoms in total. The van der Waals surface area contributed by atoms with Crippen molar-refractivity contribution in [2.45, 2.75) is 123 Å². The van der Waals surface area contributed by atoms with Crippen LogP contribution < -0.4 is 0 Å². The SMILES string of the molecule is C[SiH](C)O[Si](CCCCCCCCCCC(=O)O[Si](C)(C)C)(O[SiH](C)C)O[SiH](C)C. The molecule has 30 heavy (non-hydrogen) atoms. The van der Waals surface area contributed by atoms with Gasteiger partial charge in [0, 0.05) is 12.5 Å². The van der Waals surface area contributed by atoms with Crippen molar-refractivity contribution in [3.8, 4) is 0 Å². The number of unbranched alkanes of at least 4 members (excludes halogenated alkanes) is 7. The van der Waals surface area contributed by atoms with E-state index in [2.05, 4.69) is 58.9 Å². The lowest BCUT2D eigenvalue weighted by atomic mass is 10.1. The summed E-state index contributed by atoms with van der Waals surface area (Å²) in [6.45, 7) is 19.5. The molecule has 0 N–H and O–H groups in total. The molecule has 0 aliphatic carbocycles. The molecule has 0 aliphatic rings. The number of rotatable bonds is 18. The van der Waals surface area contributed by atoms with Gasteiger partial charge in [0.1, 0.15) is 0 Å². The highest BCUT2D eigenvalue weighted by Crippen LogP contribution is 2.23. The summed E-state index contributed by atoms with van der Waals surface area (Å²) >= 11 is 0. The van der Waals surface area contributed by atoms with Crippen LogP contribution in [0, 0.1) is 0 Å². The van der Waals surface area contributed by atoms with Crippen LogP contribution in [0.15, 0.2) is 0 Å². The van der Waals surface area contributed by atoms with E-state index in [-0.39, 0.29) is 5.97 Å². The van der Waals surface area contributed by atoms with Gasteiger partial charge in [-0.15, -0.1) is 0 Å². The van der Waals surface area contributed by atoms with Crippen molar-refractivity contribution in [2.75, 3.05) is 0 Å². The van der Waals surface area contributed by atoms with Gasteiger partial charge in [0.2, 0.25) is 8.32 Å². The minimum atomic E-state index is -2.45. The second kappa shape index (κ2) is 16.1. The van der Waals surface area contributed by atoms with Crippen LogP contribution in [0.25, 0.3) is 0 Å². The van der Waals surface area contributed by atoms with Crippen LogP contribution in [0.1, 0.15) is 57.8 Å². The molecule has 0 aromatic rings. The molecular weight excluding hydrogens is 461 g/mol. The third-order valence-corrected chi connectivity index (χ3v) is 16.1. The summed E-state index contributed by atoms with van der Waals surface area (Å²) in [7, 11) is -7.74. The third-order valence-electron chi connectivity index (χ3n) is 4.28. The molecule has 0 rings (SSSR count). The van der Waals surface area contributed by atoms with E-state index >= 15 is 0 Å². The smallest absolute Gasteiger partial charge is 0.468 e. The Bertz CT molecular complexity index is 429. The van der Waals surface area contributed by atoms with Gasteiger partial charge >= 0.3 is 8.80 Å². The first-order valence-electron chi connectivity index (χ1n) is 12.1. The molecular formula is C20H50O5Si5. The summed E-state index contributed by atoms with van der Waals surface area (Å²) in [4.78, 5) is 11.7. The molecule has 0 atom stereocenters. The molecule has 0 unspecified atom stereocenters. The fourth-order valence-corrected chi connectivity index (χ4v) is 17.1. The maximum absolute atomic E-state index is 11.7. The average molecular weight is 511 g/mol. The van der Waals surface area contributed by atoms with Gasteiger partial charge in [-0.05, 0) is 71.8 Å². The summed E-state index contributed by atoms with van der Waals surface area (Å²) in [6.07, 6.45) is 10.0. The highest BCUT2D eigenvalue weighted by atomic mass is 28.5. The lowest BCUT2D eigenvalue weighted by Crippen LogP contribution is -2.53. The molecule has 0 aromatic carbocycles. The van der Waals surface area contributed by atoms with Crippen molar-refractivity contribution >= 4 is 50.2 Å². The van der Waals surface area contributed by atoms with Crippen molar-refractivity contribution in [2.24, 2.45) is 0 Å². The van der Waals surface area contributed by atoms with Crippen molar-refractivity contribution in [3.63, 3.8) is 0 Å². The second-order valence-electron chi connectivity index (χ2n) is 10.1. The lowest BCUT2D eigenvalue weighted by molar-refractivity contribution is -0.135. The maximum atomic E-state index is 11.7. The zero-order valence-electron chi connectivity index (χ0n) is 21.3. The van der Waals surface area contributed by atoms with Crippen molar-refractivity contribution in [1.82, 2.24) is 0 Å². The van der Waals surface area contributed by atoms with E-state index in [0.29, 0.717) is 6.42 Å². The van der Waals surface area contributed by atoms with Crippen LogP contribution in [-0.2, 0) is 21.6 Å². The second-order valence-corrected chi connectivity index (χ2v) is 25.5. The standard InChI is InChI=1S/C20H50O5Si5/c1-26(2)23-30(24-27(3)4,25-28(5)6)19-17-15-13-11-10-12-14-16-18-20(21)22-29(7,8)9/h26-28H,10-19H2,1-9H3. The van der Waals surface area contributed by atoms with E-state index in [1.54, 1.807) is 0 Å². The normalized spacial score (nSPS) is 12.9. The maximum Gasteiger partial charge on any atom is 0.468 e. The fraction of sp³-hybridized carbons (Fsp3) is 0.950. The first kappa shape index (κ1) is 30.4. The predicted octanol–water partition coefficient (Wildman–Crippen LogP) is 5.81. The molecule has 0 radical (unpaired) electrons. The third kappa shape index (κ3) is 18.0. The summed E-state index contributed by atoms with van der Waals surface area (Å²) in [5, 5.41) is 0. The minimum absolute atomic E-state index is 0.00755. The quantitative estimate of drug-likeness (QED) is 0.172. The first-order valence-corrected chi connectivity index (χ1v) is 25.8. The minimum Gasteiger partial charge on any atom is -0.520 e. The first-order chi connectivity index (χ1) is 13.9. The van der Waals surface area contributed by atoms with Crippen molar-refractivity contribution in [1.29, 1.82) is 0 Å². The van der Waals surface area contributed by atoms with Gasteiger partial charge in [-0.2, -0.15) is 0 Å². The van der Waals surface area contributed by atoms with Gasteiger partial charge < -0.3 is 16.8 Å². The molecule has 0 saturated heterocycles. The molecule has 0 fully saturated rings. The molecule has 10 heteroatoms. The number of carbonyl (C=O) groups excluding carboxylic acids is 1. The van der Waals surface area contributed by atoms with E-state index in [1.165, 1.54) is 32.1 Å². The predicted molar refractivity (Wildman–Crippen MR) is 141 cm³/mol. The Hall–Kier alpha value is 0.434. The summed E-state index contributed by atoms with van der Waals surface area (Å²) in [6, 6.07) is 0.994. The summed E-state index contributed by atoms with van der Waals surface area (Å²) in [5.74, 6) is -0.00755. The zero-order chi connectivity index (χ0) is 23.2. The van der Waals surface area contributed by atoms with Gasteiger partial charge in [-0.1, -0.05) is 38.5 Å². The zero-order valence-corrected chi connectivity index (χ0v) is 26.8. The molecule has 180 valence electrons. The van der Waals surface area contributed by atoms with Crippen LogP contribution in [0.3, 0.4) is 0 Å². The highest BCUT2D eigenvalue weighted by molar-refractivity contribution is 6.80. The largest absolute Gasteiger partial charge is 0.520 e.